The fourth-order valence-corrected chi connectivity index (χ4v) is 8.99. The van der Waals surface area contributed by atoms with Gasteiger partial charge in [0.2, 0.25) is 0 Å². The maximum absolute atomic E-state index is 14.3. The summed E-state index contributed by atoms with van der Waals surface area (Å²) >= 11 is 6.29. The molecule has 3 aromatic carbocycles. The van der Waals surface area contributed by atoms with Crippen molar-refractivity contribution in [1.82, 2.24) is 10.2 Å². The highest BCUT2D eigenvalue weighted by Crippen LogP contribution is 2.55. The number of piperidine rings is 1. The molecule has 6 rings (SSSR count). The molecule has 222 valence electrons. The Morgan fingerprint density at radius 3 is 2.38 bits per heavy atom. The third-order valence-corrected chi connectivity index (χ3v) is 11.3. The van der Waals surface area contributed by atoms with Crippen LogP contribution in [0.1, 0.15) is 48.2 Å². The monoisotopic (exact) mass is 611 g/mol. The first-order chi connectivity index (χ1) is 20.1. The minimum atomic E-state index is -4.03. The molecule has 0 aromatic heterocycles. The van der Waals surface area contributed by atoms with Crippen molar-refractivity contribution in [3.8, 4) is 0 Å². The zero-order valence-corrected chi connectivity index (χ0v) is 25.3. The Bertz CT molecular complexity index is 1590. The summed E-state index contributed by atoms with van der Waals surface area (Å²) in [4.78, 5) is 15.9. The minimum Gasteiger partial charge on any atom is -0.378 e. The highest BCUT2D eigenvalue weighted by molar-refractivity contribution is 7.92. The predicted molar refractivity (Wildman–Crippen MR) is 161 cm³/mol. The highest BCUT2D eigenvalue weighted by atomic mass is 35.5. The number of carbonyl (C=O) groups is 1. The molecule has 1 N–H and O–H groups in total. The van der Waals surface area contributed by atoms with Gasteiger partial charge in [0.1, 0.15) is 5.82 Å². The van der Waals surface area contributed by atoms with Crippen LogP contribution in [-0.2, 0) is 26.7 Å². The number of benzene rings is 3. The number of ether oxygens (including phenoxy) is 1. The number of nitrogens with zero attached hydrogens (tertiary/aromatic N) is 2. The first kappa shape index (κ1) is 29.1. The molecule has 2 fully saturated rings. The standard InChI is InChI=1S/C32H35ClFN3O4S/c1-21(2)30-32(13-15-36(16-14-32)25-19-41-20-25)27-17-22(31(38)35-18-23-5-3-4-6-28(23)33)7-12-29(27)37(30)42(39,40)26-10-8-24(34)9-11-26/h3-12,17,21,25,30H,13-16,18-20H2,1-2H3,(H,35,38). The van der Waals surface area contributed by atoms with Crippen molar-refractivity contribution in [2.45, 2.75) is 55.6 Å². The van der Waals surface area contributed by atoms with Crippen LogP contribution in [0, 0.1) is 11.7 Å². The zero-order chi connectivity index (χ0) is 29.6. The summed E-state index contributed by atoms with van der Waals surface area (Å²) < 4.78 is 49.3. The van der Waals surface area contributed by atoms with Gasteiger partial charge >= 0.3 is 0 Å². The van der Waals surface area contributed by atoms with E-state index in [-0.39, 0.29) is 29.3 Å². The smallest absolute Gasteiger partial charge is 0.264 e. The molecule has 2 saturated heterocycles. The normalized spacial score (nSPS) is 20.5. The van der Waals surface area contributed by atoms with Crippen molar-refractivity contribution in [1.29, 1.82) is 0 Å². The molecular formula is C32H35ClFN3O4S. The summed E-state index contributed by atoms with van der Waals surface area (Å²) in [5.41, 5.74) is 2.26. The van der Waals surface area contributed by atoms with E-state index in [1.54, 1.807) is 22.5 Å². The molecule has 1 atom stereocenters. The molecule has 10 heteroatoms. The first-order valence-electron chi connectivity index (χ1n) is 14.4. The van der Waals surface area contributed by atoms with Gasteiger partial charge in [0.05, 0.1) is 35.9 Å². The summed E-state index contributed by atoms with van der Waals surface area (Å²) in [7, 11) is -4.03. The maximum Gasteiger partial charge on any atom is 0.264 e. The van der Waals surface area contributed by atoms with E-state index < -0.39 is 21.3 Å². The average molecular weight is 612 g/mol. The fourth-order valence-electron chi connectivity index (χ4n) is 6.92. The first-order valence-corrected chi connectivity index (χ1v) is 16.2. The number of halogens is 2. The number of nitrogens with one attached hydrogen (secondary N) is 1. The van der Waals surface area contributed by atoms with Gasteiger partial charge in [0, 0.05) is 22.5 Å². The average Bonchev–Trinajstić information content (AvgIpc) is 3.23. The summed E-state index contributed by atoms with van der Waals surface area (Å²) in [6.07, 6.45) is 1.50. The quantitative estimate of drug-likeness (QED) is 0.388. The van der Waals surface area contributed by atoms with Crippen LogP contribution >= 0.6 is 11.6 Å². The summed E-state index contributed by atoms with van der Waals surface area (Å²) in [5.74, 6) is -0.769. The number of hydrogen-bond acceptors (Lipinski definition) is 5. The number of anilines is 1. The lowest BCUT2D eigenvalue weighted by molar-refractivity contribution is -0.0771. The van der Waals surface area contributed by atoms with Crippen LogP contribution in [0.3, 0.4) is 0 Å². The Labute approximate surface area is 251 Å². The van der Waals surface area contributed by atoms with E-state index in [4.69, 9.17) is 16.3 Å². The second-order valence-corrected chi connectivity index (χ2v) is 14.1. The molecular weight excluding hydrogens is 577 g/mol. The topological polar surface area (TPSA) is 79.0 Å². The van der Waals surface area contributed by atoms with Gasteiger partial charge in [-0.1, -0.05) is 43.6 Å². The predicted octanol–water partition coefficient (Wildman–Crippen LogP) is 5.38. The molecule has 1 amide bonds. The molecule has 3 aliphatic rings. The van der Waals surface area contributed by atoms with Gasteiger partial charge in [-0.15, -0.1) is 0 Å². The SMILES string of the molecule is CC(C)C1N(S(=O)(=O)c2ccc(F)cc2)c2ccc(C(=O)NCc3ccccc3Cl)cc2C12CCN(C1COC1)CC2. The Balaban J connectivity index is 1.40. The third kappa shape index (κ3) is 5.00. The molecule has 3 aromatic rings. The van der Waals surface area contributed by atoms with Crippen molar-refractivity contribution in [2.75, 3.05) is 30.6 Å². The van der Waals surface area contributed by atoms with E-state index in [1.807, 2.05) is 24.3 Å². The maximum atomic E-state index is 14.3. The van der Waals surface area contributed by atoms with Gasteiger partial charge in [-0.25, -0.2) is 12.8 Å². The van der Waals surface area contributed by atoms with Crippen LogP contribution in [-0.4, -0.2) is 57.6 Å². The fraction of sp³-hybridized carbons (Fsp3) is 0.406. The van der Waals surface area contributed by atoms with Crippen LogP contribution in [0.15, 0.2) is 71.6 Å². The van der Waals surface area contributed by atoms with Crippen LogP contribution < -0.4 is 9.62 Å². The van der Waals surface area contributed by atoms with E-state index in [0.717, 1.165) is 50.3 Å². The van der Waals surface area contributed by atoms with Crippen molar-refractivity contribution in [3.05, 3.63) is 94.3 Å². The zero-order valence-electron chi connectivity index (χ0n) is 23.7. The van der Waals surface area contributed by atoms with E-state index >= 15 is 0 Å². The number of rotatable bonds is 7. The Morgan fingerprint density at radius 2 is 1.76 bits per heavy atom. The van der Waals surface area contributed by atoms with Gasteiger partial charge in [-0.05, 0) is 91.5 Å². The van der Waals surface area contributed by atoms with E-state index in [0.29, 0.717) is 22.3 Å². The largest absolute Gasteiger partial charge is 0.378 e. The van der Waals surface area contributed by atoms with Gasteiger partial charge in [-0.3, -0.25) is 14.0 Å². The van der Waals surface area contributed by atoms with Crippen molar-refractivity contribution in [3.63, 3.8) is 0 Å². The lowest BCUT2D eigenvalue weighted by Crippen LogP contribution is -2.58. The van der Waals surface area contributed by atoms with Gasteiger partial charge in [-0.2, -0.15) is 0 Å². The van der Waals surface area contributed by atoms with Crippen molar-refractivity contribution in [2.24, 2.45) is 5.92 Å². The number of hydrogen-bond donors (Lipinski definition) is 1. The lowest BCUT2D eigenvalue weighted by Gasteiger charge is -2.49. The van der Waals surface area contributed by atoms with E-state index in [1.165, 1.54) is 24.3 Å². The molecule has 1 unspecified atom stereocenters. The van der Waals surface area contributed by atoms with Gasteiger partial charge in [0.15, 0.2) is 0 Å². The van der Waals surface area contributed by atoms with Gasteiger partial charge < -0.3 is 10.1 Å². The second kappa shape index (κ2) is 11.3. The van der Waals surface area contributed by atoms with Crippen molar-refractivity contribution < 1.29 is 22.3 Å². The summed E-state index contributed by atoms with van der Waals surface area (Å²) in [6, 6.07) is 17.7. The number of carbonyl (C=O) groups excluding carboxylic acids is 1. The molecule has 0 radical (unpaired) electrons. The third-order valence-electron chi connectivity index (χ3n) is 9.08. The van der Waals surface area contributed by atoms with Crippen LogP contribution in [0.2, 0.25) is 5.02 Å². The number of likely N-dealkylation sites (tertiary alicyclic amines) is 1. The molecule has 0 bridgehead atoms. The molecule has 0 saturated carbocycles. The Morgan fingerprint density at radius 1 is 1.07 bits per heavy atom. The van der Waals surface area contributed by atoms with Crippen LogP contribution in [0.5, 0.6) is 0 Å². The Kier molecular flexibility index (Phi) is 7.81. The molecule has 7 nitrogen and oxygen atoms in total. The summed E-state index contributed by atoms with van der Waals surface area (Å²) in [5, 5.41) is 3.55. The number of fused-ring (bicyclic) bond motifs is 2. The van der Waals surface area contributed by atoms with E-state index in [2.05, 4.69) is 24.1 Å². The van der Waals surface area contributed by atoms with Crippen LogP contribution in [0.4, 0.5) is 10.1 Å². The molecule has 3 heterocycles. The lowest BCUT2D eigenvalue weighted by atomic mass is 9.66. The van der Waals surface area contributed by atoms with Gasteiger partial charge in [0.25, 0.3) is 15.9 Å². The van der Waals surface area contributed by atoms with Crippen molar-refractivity contribution >= 4 is 33.2 Å². The molecule has 3 aliphatic heterocycles. The van der Waals surface area contributed by atoms with Crippen LogP contribution in [0.25, 0.3) is 0 Å². The van der Waals surface area contributed by atoms with E-state index in [9.17, 15) is 17.6 Å². The molecule has 0 aliphatic carbocycles. The number of amides is 1. The second-order valence-electron chi connectivity index (χ2n) is 11.8. The minimum absolute atomic E-state index is 0.0243. The highest BCUT2D eigenvalue weighted by Gasteiger charge is 2.57. The molecule has 42 heavy (non-hydrogen) atoms. The molecule has 1 spiro atoms. The summed E-state index contributed by atoms with van der Waals surface area (Å²) in [6.45, 7) is 7.44. The number of sulfonamides is 1. The Hall–Kier alpha value is -2.98.